The highest BCUT2D eigenvalue weighted by Crippen LogP contribution is 2.23. The Balaban J connectivity index is 1.54. The Morgan fingerprint density at radius 3 is 3.09 bits per heavy atom. The highest BCUT2D eigenvalue weighted by atomic mass is 32.2. The third-order valence-corrected chi connectivity index (χ3v) is 5.15. The standard InChI is InChI=1S/C17H20N2O2S/c1-12(20)22-11-14-9-17(21)19(10-14)7-5-13-2-3-15-4-6-18-16(15)8-13/h2-4,6,8,14,18H,5,7,9-11H2,1H3. The molecular weight excluding hydrogens is 296 g/mol. The van der Waals surface area contributed by atoms with Gasteiger partial charge >= 0.3 is 0 Å². The number of H-pyrrole nitrogens is 1. The lowest BCUT2D eigenvalue weighted by Gasteiger charge is -2.16. The second kappa shape index (κ2) is 6.57. The molecule has 1 saturated heterocycles. The van der Waals surface area contributed by atoms with Crippen LogP contribution >= 0.6 is 11.8 Å². The average Bonchev–Trinajstić information content (AvgIpc) is 3.08. The number of aromatic nitrogens is 1. The number of likely N-dealkylation sites (tertiary alicyclic amines) is 1. The molecule has 4 nitrogen and oxygen atoms in total. The Kier molecular flexibility index (Phi) is 4.52. The minimum absolute atomic E-state index is 0.130. The molecule has 2 heterocycles. The molecule has 0 saturated carbocycles. The molecule has 2 aromatic rings. The van der Waals surface area contributed by atoms with Crippen LogP contribution < -0.4 is 0 Å². The summed E-state index contributed by atoms with van der Waals surface area (Å²) in [5.74, 6) is 1.29. The van der Waals surface area contributed by atoms with E-state index in [1.54, 1.807) is 6.92 Å². The lowest BCUT2D eigenvalue weighted by Crippen LogP contribution is -2.27. The fourth-order valence-electron chi connectivity index (χ4n) is 2.93. The molecule has 1 N–H and O–H groups in total. The molecule has 0 spiro atoms. The van der Waals surface area contributed by atoms with Crippen LogP contribution in [0.1, 0.15) is 18.9 Å². The third-order valence-electron chi connectivity index (χ3n) is 4.11. The van der Waals surface area contributed by atoms with Gasteiger partial charge in [0.15, 0.2) is 5.12 Å². The van der Waals surface area contributed by atoms with Crippen molar-refractivity contribution >= 4 is 33.7 Å². The van der Waals surface area contributed by atoms with Gasteiger partial charge in [-0.1, -0.05) is 23.9 Å². The number of carbonyl (C=O) groups is 2. The number of carbonyl (C=O) groups excluding carboxylic acids is 2. The van der Waals surface area contributed by atoms with Crippen LogP contribution in [0.5, 0.6) is 0 Å². The van der Waals surface area contributed by atoms with Crippen LogP contribution in [0.3, 0.4) is 0 Å². The molecule has 0 bridgehead atoms. The third kappa shape index (κ3) is 3.53. The molecule has 5 heteroatoms. The fourth-order valence-corrected chi connectivity index (χ4v) is 3.63. The van der Waals surface area contributed by atoms with Gasteiger partial charge in [-0.05, 0) is 35.4 Å². The average molecular weight is 316 g/mol. The Hall–Kier alpha value is -1.75. The maximum absolute atomic E-state index is 12.0. The smallest absolute Gasteiger partial charge is 0.222 e. The molecule has 1 atom stereocenters. The van der Waals surface area contributed by atoms with E-state index in [9.17, 15) is 9.59 Å². The highest BCUT2D eigenvalue weighted by Gasteiger charge is 2.29. The number of hydrogen-bond acceptors (Lipinski definition) is 3. The maximum Gasteiger partial charge on any atom is 0.222 e. The van der Waals surface area contributed by atoms with Crippen molar-refractivity contribution in [1.29, 1.82) is 0 Å². The molecule has 1 unspecified atom stereocenters. The summed E-state index contributed by atoms with van der Waals surface area (Å²) in [6, 6.07) is 8.44. The molecule has 1 aliphatic heterocycles. The van der Waals surface area contributed by atoms with Crippen molar-refractivity contribution in [2.45, 2.75) is 19.8 Å². The Labute approximate surface area is 134 Å². The van der Waals surface area contributed by atoms with Crippen molar-refractivity contribution in [1.82, 2.24) is 9.88 Å². The molecule has 1 aromatic heterocycles. The largest absolute Gasteiger partial charge is 0.361 e. The van der Waals surface area contributed by atoms with Gasteiger partial charge in [-0.25, -0.2) is 0 Å². The second-order valence-corrected chi connectivity index (χ2v) is 7.06. The zero-order valence-electron chi connectivity index (χ0n) is 12.7. The summed E-state index contributed by atoms with van der Waals surface area (Å²) in [6.45, 7) is 3.12. The van der Waals surface area contributed by atoms with E-state index in [2.05, 4.69) is 29.2 Å². The summed E-state index contributed by atoms with van der Waals surface area (Å²) in [6.07, 6.45) is 3.39. The molecule has 0 aliphatic carbocycles. The normalized spacial score (nSPS) is 18.3. The van der Waals surface area contributed by atoms with Crippen LogP contribution in [0.15, 0.2) is 30.5 Å². The van der Waals surface area contributed by atoms with Gasteiger partial charge in [0, 0.05) is 43.9 Å². The lowest BCUT2D eigenvalue weighted by molar-refractivity contribution is -0.127. The van der Waals surface area contributed by atoms with Gasteiger partial charge < -0.3 is 9.88 Å². The molecule has 3 rings (SSSR count). The second-order valence-electron chi connectivity index (χ2n) is 5.86. The molecule has 1 aromatic carbocycles. The summed E-state index contributed by atoms with van der Waals surface area (Å²) >= 11 is 1.33. The number of nitrogens with one attached hydrogen (secondary N) is 1. The van der Waals surface area contributed by atoms with E-state index in [-0.39, 0.29) is 11.0 Å². The van der Waals surface area contributed by atoms with Crippen molar-refractivity contribution in [2.24, 2.45) is 5.92 Å². The number of benzene rings is 1. The topological polar surface area (TPSA) is 53.2 Å². The lowest BCUT2D eigenvalue weighted by atomic mass is 10.1. The number of fused-ring (bicyclic) bond motifs is 1. The van der Waals surface area contributed by atoms with Gasteiger partial charge in [0.2, 0.25) is 5.91 Å². The first-order valence-corrected chi connectivity index (χ1v) is 8.57. The SMILES string of the molecule is CC(=O)SCC1CC(=O)N(CCc2ccc3cc[nH]c3c2)C1. The fraction of sp³-hybridized carbons (Fsp3) is 0.412. The number of amides is 1. The maximum atomic E-state index is 12.0. The van der Waals surface area contributed by atoms with E-state index in [0.717, 1.165) is 30.8 Å². The van der Waals surface area contributed by atoms with Crippen molar-refractivity contribution in [3.8, 4) is 0 Å². The van der Waals surface area contributed by atoms with Crippen LogP contribution in [0.25, 0.3) is 10.9 Å². The van der Waals surface area contributed by atoms with Gasteiger partial charge in [0.1, 0.15) is 0 Å². The Bertz CT molecular complexity index is 695. The van der Waals surface area contributed by atoms with Crippen molar-refractivity contribution in [2.75, 3.05) is 18.8 Å². The molecule has 1 aliphatic rings. The zero-order chi connectivity index (χ0) is 15.5. The quantitative estimate of drug-likeness (QED) is 0.923. The minimum Gasteiger partial charge on any atom is -0.361 e. The summed E-state index contributed by atoms with van der Waals surface area (Å²) in [7, 11) is 0. The summed E-state index contributed by atoms with van der Waals surface area (Å²) in [4.78, 5) is 28.2. The molecule has 1 amide bonds. The van der Waals surface area contributed by atoms with Gasteiger partial charge in [-0.2, -0.15) is 0 Å². The number of rotatable bonds is 5. The molecule has 1 fully saturated rings. The van der Waals surface area contributed by atoms with Crippen LogP contribution in [0.4, 0.5) is 0 Å². The first-order valence-electron chi connectivity index (χ1n) is 7.59. The zero-order valence-corrected chi connectivity index (χ0v) is 13.5. The Morgan fingerprint density at radius 1 is 1.41 bits per heavy atom. The van der Waals surface area contributed by atoms with E-state index in [1.807, 2.05) is 11.1 Å². The summed E-state index contributed by atoms with van der Waals surface area (Å²) in [5, 5.41) is 1.34. The summed E-state index contributed by atoms with van der Waals surface area (Å²) in [5.41, 5.74) is 2.38. The minimum atomic E-state index is 0.130. The first kappa shape index (κ1) is 15.2. The predicted molar refractivity (Wildman–Crippen MR) is 89.8 cm³/mol. The Morgan fingerprint density at radius 2 is 2.27 bits per heavy atom. The first-order chi connectivity index (χ1) is 10.6. The van der Waals surface area contributed by atoms with Gasteiger partial charge in [-0.15, -0.1) is 0 Å². The van der Waals surface area contributed by atoms with Crippen LogP contribution in [-0.2, 0) is 16.0 Å². The van der Waals surface area contributed by atoms with Crippen LogP contribution in [0, 0.1) is 5.92 Å². The number of aromatic amines is 1. The van der Waals surface area contributed by atoms with Crippen molar-refractivity contribution in [3.63, 3.8) is 0 Å². The van der Waals surface area contributed by atoms with E-state index in [1.165, 1.54) is 22.7 Å². The molecule has 22 heavy (non-hydrogen) atoms. The predicted octanol–water partition coefficient (Wildman–Crippen LogP) is 2.84. The molecular formula is C17H20N2O2S. The van der Waals surface area contributed by atoms with Gasteiger partial charge in [0.05, 0.1) is 0 Å². The summed E-state index contributed by atoms with van der Waals surface area (Å²) < 4.78 is 0. The van der Waals surface area contributed by atoms with E-state index in [4.69, 9.17) is 0 Å². The van der Waals surface area contributed by atoms with E-state index >= 15 is 0 Å². The van der Waals surface area contributed by atoms with E-state index < -0.39 is 0 Å². The number of hydrogen-bond donors (Lipinski definition) is 1. The van der Waals surface area contributed by atoms with Crippen molar-refractivity contribution in [3.05, 3.63) is 36.0 Å². The van der Waals surface area contributed by atoms with Crippen molar-refractivity contribution < 1.29 is 9.59 Å². The van der Waals surface area contributed by atoms with Crippen LogP contribution in [0.2, 0.25) is 0 Å². The number of thioether (sulfide) groups is 1. The van der Waals surface area contributed by atoms with Gasteiger partial charge in [-0.3, -0.25) is 9.59 Å². The molecule has 0 radical (unpaired) electrons. The number of nitrogens with zero attached hydrogens (tertiary/aromatic N) is 1. The highest BCUT2D eigenvalue weighted by molar-refractivity contribution is 8.13. The molecule has 116 valence electrons. The van der Waals surface area contributed by atoms with E-state index in [0.29, 0.717) is 12.3 Å². The monoisotopic (exact) mass is 316 g/mol. The van der Waals surface area contributed by atoms with Crippen LogP contribution in [-0.4, -0.2) is 39.7 Å². The van der Waals surface area contributed by atoms with Gasteiger partial charge in [0.25, 0.3) is 0 Å².